The Kier molecular flexibility index (Phi) is 8.58. The molecule has 0 aliphatic carbocycles. The van der Waals surface area contributed by atoms with Crippen molar-refractivity contribution in [3.63, 3.8) is 0 Å². The second kappa shape index (κ2) is 12.3. The van der Waals surface area contributed by atoms with Gasteiger partial charge in [0.2, 0.25) is 0 Å². The summed E-state index contributed by atoms with van der Waals surface area (Å²) in [7, 11) is 2.14. The van der Waals surface area contributed by atoms with Crippen LogP contribution in [0.25, 0.3) is 0 Å². The first-order valence-corrected chi connectivity index (χ1v) is 13.8. The van der Waals surface area contributed by atoms with Gasteiger partial charge in [-0.15, -0.1) is 0 Å². The molecule has 5 rings (SSSR count). The van der Waals surface area contributed by atoms with Crippen molar-refractivity contribution in [2.24, 2.45) is 5.92 Å². The van der Waals surface area contributed by atoms with Crippen molar-refractivity contribution in [3.8, 4) is 0 Å². The van der Waals surface area contributed by atoms with Crippen molar-refractivity contribution in [1.82, 2.24) is 4.90 Å². The number of nitrogens with two attached hydrogens (primary N) is 1. The summed E-state index contributed by atoms with van der Waals surface area (Å²) in [5.74, 6) is -0.857. The molecule has 0 aromatic heterocycles. The Hall–Kier alpha value is -3.29. The summed E-state index contributed by atoms with van der Waals surface area (Å²) < 4.78 is 40.0. The maximum atomic E-state index is 13.7. The van der Waals surface area contributed by atoms with E-state index in [9.17, 15) is 13.6 Å². The van der Waals surface area contributed by atoms with Crippen LogP contribution in [-0.2, 0) is 20.7 Å². The molecule has 0 amide bonds. The predicted octanol–water partition coefficient (Wildman–Crippen LogP) is 6.07. The Balaban J connectivity index is 1.27. The van der Waals surface area contributed by atoms with E-state index in [0.29, 0.717) is 18.9 Å². The molecule has 2 aliphatic rings. The zero-order chi connectivity index (χ0) is 27.4. The molecule has 0 saturated carbocycles. The summed E-state index contributed by atoms with van der Waals surface area (Å²) in [5.41, 5.74) is 9.22. The molecule has 2 aliphatic heterocycles. The van der Waals surface area contributed by atoms with Gasteiger partial charge in [-0.05, 0) is 92.2 Å². The first kappa shape index (κ1) is 27.3. The van der Waals surface area contributed by atoms with E-state index in [1.807, 2.05) is 24.3 Å². The fraction of sp³-hybridized carbons (Fsp3) is 0.406. The van der Waals surface area contributed by atoms with E-state index < -0.39 is 6.10 Å². The standard InChI is InChI=1S/C32H36F2N2O3/c1-36-27-17-18-29(36)28(20-38-31(37)4-2-3-21-5-15-26(35)16-6-21)30(19-27)39-32(22-7-11-24(33)12-8-22)23-9-13-25(34)14-10-23/h5-16,27-30,32H,2-4,17-20,35H2,1H3/t27?,28-,29?,30+/m1/s1. The van der Waals surface area contributed by atoms with Crippen molar-refractivity contribution in [2.45, 2.75) is 62.8 Å². The Morgan fingerprint density at radius 1 is 0.949 bits per heavy atom. The predicted molar refractivity (Wildman–Crippen MR) is 147 cm³/mol. The van der Waals surface area contributed by atoms with Crippen molar-refractivity contribution in [2.75, 3.05) is 19.4 Å². The number of hydrogen-bond donors (Lipinski definition) is 1. The van der Waals surface area contributed by atoms with Gasteiger partial charge in [0, 0.05) is 30.1 Å². The SMILES string of the molecule is CN1C2CCC1[C@@H](COC(=O)CCCc1ccc(N)cc1)[C@@H](OC(c1ccc(F)cc1)c1ccc(F)cc1)C2. The molecule has 2 fully saturated rings. The third-order valence-electron chi connectivity index (χ3n) is 8.29. The number of ether oxygens (including phenoxy) is 2. The highest BCUT2D eigenvalue weighted by molar-refractivity contribution is 5.69. The van der Waals surface area contributed by atoms with Gasteiger partial charge in [0.05, 0.1) is 12.7 Å². The van der Waals surface area contributed by atoms with E-state index in [4.69, 9.17) is 15.2 Å². The normalized spacial score (nSPS) is 22.8. The molecule has 0 spiro atoms. The average Bonchev–Trinajstić information content (AvgIpc) is 3.18. The number of nitrogens with zero attached hydrogens (tertiary/aromatic N) is 1. The van der Waals surface area contributed by atoms with Crippen molar-refractivity contribution in [3.05, 3.63) is 101 Å². The van der Waals surface area contributed by atoms with Gasteiger partial charge in [-0.25, -0.2) is 8.78 Å². The molecule has 3 aromatic rings. The van der Waals surface area contributed by atoms with Crippen LogP contribution in [0.1, 0.15) is 54.9 Å². The lowest BCUT2D eigenvalue weighted by atomic mass is 9.87. The minimum absolute atomic E-state index is 0.00167. The average molecular weight is 535 g/mol. The number of hydrogen-bond acceptors (Lipinski definition) is 5. The second-order valence-electron chi connectivity index (χ2n) is 10.8. The Labute approximate surface area is 228 Å². The number of carbonyl (C=O) groups excluding carboxylic acids is 1. The highest BCUT2D eigenvalue weighted by atomic mass is 19.1. The third kappa shape index (κ3) is 6.65. The number of nitrogen functional groups attached to an aromatic ring is 1. The molecule has 2 N–H and O–H groups in total. The van der Waals surface area contributed by atoms with Gasteiger partial charge in [-0.3, -0.25) is 9.69 Å². The van der Waals surface area contributed by atoms with Crippen LogP contribution < -0.4 is 5.73 Å². The lowest BCUT2D eigenvalue weighted by Crippen LogP contribution is -2.52. The molecule has 39 heavy (non-hydrogen) atoms. The number of fused-ring (bicyclic) bond motifs is 2. The maximum absolute atomic E-state index is 13.7. The van der Waals surface area contributed by atoms with Gasteiger partial charge in [-0.2, -0.15) is 0 Å². The zero-order valence-corrected chi connectivity index (χ0v) is 22.3. The first-order valence-electron chi connectivity index (χ1n) is 13.8. The molecule has 2 bridgehead atoms. The number of anilines is 1. The number of benzene rings is 3. The zero-order valence-electron chi connectivity index (χ0n) is 22.3. The van der Waals surface area contributed by atoms with E-state index in [1.165, 1.54) is 24.3 Å². The van der Waals surface area contributed by atoms with Crippen LogP contribution >= 0.6 is 0 Å². The summed E-state index contributed by atoms with van der Waals surface area (Å²) >= 11 is 0. The van der Waals surface area contributed by atoms with Crippen LogP contribution in [-0.4, -0.2) is 42.7 Å². The van der Waals surface area contributed by atoms with E-state index >= 15 is 0 Å². The highest BCUT2D eigenvalue weighted by Crippen LogP contribution is 2.42. The number of rotatable bonds is 10. The quantitative estimate of drug-likeness (QED) is 0.253. The van der Waals surface area contributed by atoms with Crippen LogP contribution in [0.3, 0.4) is 0 Å². The highest BCUT2D eigenvalue weighted by Gasteiger charge is 2.47. The number of piperidine rings is 1. The number of esters is 1. The first-order chi connectivity index (χ1) is 18.9. The molecular formula is C32H36F2N2O3. The lowest BCUT2D eigenvalue weighted by molar-refractivity contribution is -0.152. The molecule has 2 unspecified atom stereocenters. The fourth-order valence-corrected chi connectivity index (χ4v) is 6.09. The Morgan fingerprint density at radius 3 is 2.18 bits per heavy atom. The van der Waals surface area contributed by atoms with Gasteiger partial charge in [0.1, 0.15) is 17.7 Å². The second-order valence-corrected chi connectivity index (χ2v) is 10.8. The largest absolute Gasteiger partial charge is 0.465 e. The van der Waals surface area contributed by atoms with E-state index in [0.717, 1.165) is 48.1 Å². The third-order valence-corrected chi connectivity index (χ3v) is 8.29. The van der Waals surface area contributed by atoms with E-state index in [-0.39, 0.29) is 42.3 Å². The summed E-state index contributed by atoms with van der Waals surface area (Å²) in [6.07, 6.45) is 4.09. The van der Waals surface area contributed by atoms with Crippen LogP contribution in [0, 0.1) is 17.6 Å². The molecule has 206 valence electrons. The number of aryl methyl sites for hydroxylation is 1. The molecule has 2 saturated heterocycles. The summed E-state index contributed by atoms with van der Waals surface area (Å²) in [6, 6.07) is 20.8. The lowest BCUT2D eigenvalue weighted by Gasteiger charge is -2.43. The molecule has 2 heterocycles. The minimum atomic E-state index is -0.489. The van der Waals surface area contributed by atoms with Crippen molar-refractivity contribution >= 4 is 11.7 Å². The molecule has 3 aromatic carbocycles. The smallest absolute Gasteiger partial charge is 0.305 e. The van der Waals surface area contributed by atoms with Gasteiger partial charge < -0.3 is 15.2 Å². The van der Waals surface area contributed by atoms with Gasteiger partial charge in [0.25, 0.3) is 0 Å². The number of carbonyl (C=O) groups is 1. The fourth-order valence-electron chi connectivity index (χ4n) is 6.09. The maximum Gasteiger partial charge on any atom is 0.305 e. The topological polar surface area (TPSA) is 64.8 Å². The molecule has 4 atom stereocenters. The van der Waals surface area contributed by atoms with Crippen molar-refractivity contribution in [1.29, 1.82) is 0 Å². The van der Waals surface area contributed by atoms with Crippen LogP contribution in [0.5, 0.6) is 0 Å². The summed E-state index contributed by atoms with van der Waals surface area (Å²) in [4.78, 5) is 15.1. The molecule has 5 nitrogen and oxygen atoms in total. The monoisotopic (exact) mass is 534 g/mol. The van der Waals surface area contributed by atoms with E-state index in [1.54, 1.807) is 24.3 Å². The molecular weight excluding hydrogens is 498 g/mol. The number of halogens is 2. The van der Waals surface area contributed by atoms with Crippen LogP contribution in [0.4, 0.5) is 14.5 Å². The summed E-state index contributed by atoms with van der Waals surface area (Å²) in [6.45, 7) is 0.284. The Morgan fingerprint density at radius 2 is 1.56 bits per heavy atom. The van der Waals surface area contributed by atoms with Crippen LogP contribution in [0.15, 0.2) is 72.8 Å². The van der Waals surface area contributed by atoms with Gasteiger partial charge in [-0.1, -0.05) is 36.4 Å². The van der Waals surface area contributed by atoms with Gasteiger partial charge in [0.15, 0.2) is 0 Å². The van der Waals surface area contributed by atoms with Crippen molar-refractivity contribution < 1.29 is 23.0 Å². The van der Waals surface area contributed by atoms with E-state index in [2.05, 4.69) is 11.9 Å². The molecule has 7 heteroatoms. The molecule has 0 radical (unpaired) electrons. The van der Waals surface area contributed by atoms with Crippen LogP contribution in [0.2, 0.25) is 0 Å². The summed E-state index contributed by atoms with van der Waals surface area (Å²) in [5, 5.41) is 0. The Bertz CT molecular complexity index is 1190. The van der Waals surface area contributed by atoms with Gasteiger partial charge >= 0.3 is 5.97 Å². The minimum Gasteiger partial charge on any atom is -0.465 e.